The molecule has 8 nitrogen and oxygen atoms in total. The highest BCUT2D eigenvalue weighted by Crippen LogP contribution is 2.32. The summed E-state index contributed by atoms with van der Waals surface area (Å²) in [4.78, 5) is 12.8. The second-order valence-corrected chi connectivity index (χ2v) is 13.4. The highest BCUT2D eigenvalue weighted by atomic mass is 28.3. The number of nitrogens with one attached hydrogen (secondary N) is 1. The van der Waals surface area contributed by atoms with Crippen LogP contribution in [0.1, 0.15) is 0 Å². The molecule has 0 spiro atoms. The van der Waals surface area contributed by atoms with Crippen molar-refractivity contribution in [3.05, 3.63) is 30.7 Å². The second-order valence-electron chi connectivity index (χ2n) is 7.78. The molecule has 0 aromatic carbocycles. The van der Waals surface area contributed by atoms with E-state index >= 15 is 0 Å². The van der Waals surface area contributed by atoms with Gasteiger partial charge in [0.15, 0.2) is 5.65 Å². The Morgan fingerprint density at radius 3 is 2.89 bits per heavy atom. The van der Waals surface area contributed by atoms with Gasteiger partial charge < -0.3 is 10.5 Å². The number of aromatic nitrogens is 6. The number of anilines is 1. The van der Waals surface area contributed by atoms with E-state index in [4.69, 9.17) is 10.5 Å². The van der Waals surface area contributed by atoms with E-state index in [1.165, 1.54) is 6.33 Å². The molecule has 4 heterocycles. The molecule has 4 aromatic rings. The summed E-state index contributed by atoms with van der Waals surface area (Å²) in [5.41, 5.74) is 9.17. The fourth-order valence-corrected chi connectivity index (χ4v) is 3.78. The van der Waals surface area contributed by atoms with Crippen LogP contribution in [-0.2, 0) is 11.5 Å². The van der Waals surface area contributed by atoms with Gasteiger partial charge in [0, 0.05) is 26.3 Å². The molecule has 0 aliphatic rings. The summed E-state index contributed by atoms with van der Waals surface area (Å²) in [7, 11) is -1.14. The van der Waals surface area contributed by atoms with Crippen molar-refractivity contribution >= 4 is 36.0 Å². The van der Waals surface area contributed by atoms with Crippen molar-refractivity contribution in [2.24, 2.45) is 0 Å². The number of hydrogen-bond acceptors (Lipinski definition) is 6. The Bertz CT molecular complexity index is 1100. The fraction of sp³-hybridized carbons (Fsp3) is 0.333. The SMILES string of the molecule is C[Si](C)(C)CCOCn1c(-c2[nH]nc3ncnc(N)c23)cc2cccnc21. The van der Waals surface area contributed by atoms with Crippen molar-refractivity contribution in [2.45, 2.75) is 32.4 Å². The number of ether oxygens (including phenoxy) is 1. The average Bonchev–Trinajstić information content (AvgIpc) is 3.20. The highest BCUT2D eigenvalue weighted by Gasteiger charge is 2.19. The van der Waals surface area contributed by atoms with Gasteiger partial charge in [-0.05, 0) is 24.2 Å². The lowest BCUT2D eigenvalue weighted by atomic mass is 10.2. The zero-order valence-corrected chi connectivity index (χ0v) is 16.7. The molecule has 0 fully saturated rings. The monoisotopic (exact) mass is 381 g/mol. The first-order chi connectivity index (χ1) is 12.9. The van der Waals surface area contributed by atoms with Gasteiger partial charge in [0.25, 0.3) is 0 Å². The molecule has 27 heavy (non-hydrogen) atoms. The molecule has 4 rings (SSSR count). The van der Waals surface area contributed by atoms with Gasteiger partial charge in [-0.1, -0.05) is 19.6 Å². The average molecular weight is 382 g/mol. The molecule has 9 heteroatoms. The molecule has 0 unspecified atom stereocenters. The molecule has 0 amide bonds. The molecule has 4 aromatic heterocycles. The maximum Gasteiger partial charge on any atom is 0.186 e. The molecule has 0 saturated heterocycles. The Morgan fingerprint density at radius 1 is 1.22 bits per heavy atom. The Hall–Kier alpha value is -2.78. The lowest BCUT2D eigenvalue weighted by molar-refractivity contribution is 0.0909. The summed E-state index contributed by atoms with van der Waals surface area (Å²) in [6.45, 7) is 8.17. The minimum Gasteiger partial charge on any atom is -0.383 e. The van der Waals surface area contributed by atoms with Crippen molar-refractivity contribution in [3.8, 4) is 11.4 Å². The van der Waals surface area contributed by atoms with Crippen LogP contribution in [0.4, 0.5) is 5.82 Å². The van der Waals surface area contributed by atoms with Crippen molar-refractivity contribution in [1.82, 2.24) is 29.7 Å². The number of rotatable bonds is 6. The molecular weight excluding hydrogens is 358 g/mol. The third-order valence-corrected chi connectivity index (χ3v) is 6.21. The van der Waals surface area contributed by atoms with Gasteiger partial charge in [-0.3, -0.25) is 9.67 Å². The molecule has 0 aliphatic heterocycles. The fourth-order valence-electron chi connectivity index (χ4n) is 3.02. The van der Waals surface area contributed by atoms with E-state index in [9.17, 15) is 0 Å². The third-order valence-electron chi connectivity index (χ3n) is 4.51. The zero-order chi connectivity index (χ0) is 19.0. The second kappa shape index (κ2) is 6.75. The van der Waals surface area contributed by atoms with Gasteiger partial charge >= 0.3 is 0 Å². The van der Waals surface area contributed by atoms with Crippen LogP contribution < -0.4 is 5.73 Å². The number of H-pyrrole nitrogens is 1. The topological polar surface area (TPSA) is 108 Å². The van der Waals surface area contributed by atoms with Gasteiger partial charge in [-0.2, -0.15) is 5.10 Å². The summed E-state index contributed by atoms with van der Waals surface area (Å²) in [5, 5.41) is 9.07. The van der Waals surface area contributed by atoms with Gasteiger partial charge in [-0.25, -0.2) is 15.0 Å². The van der Waals surface area contributed by atoms with E-state index in [1.54, 1.807) is 6.20 Å². The van der Waals surface area contributed by atoms with E-state index in [2.05, 4.69) is 50.9 Å². The van der Waals surface area contributed by atoms with Crippen LogP contribution in [0.2, 0.25) is 25.7 Å². The maximum atomic E-state index is 6.09. The Balaban J connectivity index is 1.76. The summed E-state index contributed by atoms with van der Waals surface area (Å²) in [5.74, 6) is 0.396. The summed E-state index contributed by atoms with van der Waals surface area (Å²) in [6.07, 6.45) is 3.20. The molecule has 0 atom stereocenters. The van der Waals surface area contributed by atoms with Crippen LogP contribution in [0.25, 0.3) is 33.5 Å². The lowest BCUT2D eigenvalue weighted by Gasteiger charge is -2.16. The lowest BCUT2D eigenvalue weighted by Crippen LogP contribution is -2.22. The molecule has 0 radical (unpaired) electrons. The molecule has 0 aliphatic carbocycles. The first-order valence-electron chi connectivity index (χ1n) is 8.91. The van der Waals surface area contributed by atoms with Crippen LogP contribution in [0.15, 0.2) is 30.7 Å². The number of hydrogen-bond donors (Lipinski definition) is 2. The molecule has 0 bridgehead atoms. The van der Waals surface area contributed by atoms with Crippen LogP contribution in [0.3, 0.4) is 0 Å². The number of nitrogens with two attached hydrogens (primary N) is 1. The number of nitrogen functional groups attached to an aromatic ring is 1. The molecule has 140 valence electrons. The largest absolute Gasteiger partial charge is 0.383 e. The minimum atomic E-state index is -1.14. The van der Waals surface area contributed by atoms with E-state index in [0.29, 0.717) is 23.6 Å². The van der Waals surface area contributed by atoms with Crippen molar-refractivity contribution in [3.63, 3.8) is 0 Å². The Morgan fingerprint density at radius 2 is 2.07 bits per heavy atom. The molecule has 0 saturated carbocycles. The van der Waals surface area contributed by atoms with Crippen molar-refractivity contribution < 1.29 is 4.74 Å². The standard InChI is InChI=1S/C18H23N7OSi/c1-27(2,3)8-7-26-11-25-13(9-12-5-4-6-20-18(12)25)15-14-16(19)21-10-22-17(14)24-23-15/h4-6,9-10H,7-8,11H2,1-3H3,(H3,19,21,22,23,24). The Kier molecular flexibility index (Phi) is 4.40. The van der Waals surface area contributed by atoms with E-state index in [0.717, 1.165) is 35.1 Å². The first kappa shape index (κ1) is 17.6. The minimum absolute atomic E-state index is 0.396. The molecular formula is C18H23N7OSi. The summed E-state index contributed by atoms with van der Waals surface area (Å²) < 4.78 is 8.04. The highest BCUT2D eigenvalue weighted by molar-refractivity contribution is 6.76. The van der Waals surface area contributed by atoms with Crippen LogP contribution in [-0.4, -0.2) is 44.4 Å². The number of fused-ring (bicyclic) bond motifs is 2. The normalized spacial score (nSPS) is 12.3. The van der Waals surface area contributed by atoms with E-state index in [-0.39, 0.29) is 0 Å². The van der Waals surface area contributed by atoms with Gasteiger partial charge in [0.05, 0.1) is 16.8 Å². The summed E-state index contributed by atoms with van der Waals surface area (Å²) >= 11 is 0. The first-order valence-corrected chi connectivity index (χ1v) is 12.6. The van der Waals surface area contributed by atoms with Crippen LogP contribution >= 0.6 is 0 Å². The number of nitrogens with zero attached hydrogens (tertiary/aromatic N) is 5. The number of pyridine rings is 1. The van der Waals surface area contributed by atoms with Gasteiger partial charge in [-0.15, -0.1) is 0 Å². The Labute approximate surface area is 157 Å². The van der Waals surface area contributed by atoms with Crippen molar-refractivity contribution in [1.29, 1.82) is 0 Å². The summed E-state index contributed by atoms with van der Waals surface area (Å²) in [6, 6.07) is 7.13. The predicted molar refractivity (Wildman–Crippen MR) is 109 cm³/mol. The number of aromatic amines is 1. The quantitative estimate of drug-likeness (QED) is 0.392. The van der Waals surface area contributed by atoms with Crippen LogP contribution in [0, 0.1) is 0 Å². The van der Waals surface area contributed by atoms with E-state index in [1.807, 2.05) is 16.7 Å². The smallest absolute Gasteiger partial charge is 0.186 e. The van der Waals surface area contributed by atoms with Gasteiger partial charge in [0.1, 0.15) is 24.5 Å². The van der Waals surface area contributed by atoms with Crippen LogP contribution in [0.5, 0.6) is 0 Å². The third kappa shape index (κ3) is 3.43. The molecule has 3 N–H and O–H groups in total. The van der Waals surface area contributed by atoms with Gasteiger partial charge in [0.2, 0.25) is 0 Å². The van der Waals surface area contributed by atoms with Crippen molar-refractivity contribution in [2.75, 3.05) is 12.3 Å². The van der Waals surface area contributed by atoms with E-state index < -0.39 is 8.07 Å². The maximum absolute atomic E-state index is 6.09. The predicted octanol–water partition coefficient (Wildman–Crippen LogP) is 3.26. The zero-order valence-electron chi connectivity index (χ0n) is 15.7.